The molecule has 2 saturated heterocycles. The molecule has 0 aliphatic carbocycles. The highest BCUT2D eigenvalue weighted by molar-refractivity contribution is 5.87. The molecule has 10 heteroatoms. The fourth-order valence-corrected chi connectivity index (χ4v) is 4.74. The maximum absolute atomic E-state index is 12.5. The lowest BCUT2D eigenvalue weighted by atomic mass is 9.78. The molecule has 1 aromatic carbocycles. The molecule has 2 aromatic heterocycles. The number of carbonyl (C=O) groups is 1. The zero-order chi connectivity index (χ0) is 24.7. The van der Waals surface area contributed by atoms with Gasteiger partial charge in [-0.25, -0.2) is 15.0 Å². The summed E-state index contributed by atoms with van der Waals surface area (Å²) < 4.78 is 22.8. The number of carbonyl (C=O) groups excluding carboxylic acids is 1. The van der Waals surface area contributed by atoms with Crippen LogP contribution in [0.4, 0.5) is 5.82 Å². The second-order valence-electron chi connectivity index (χ2n) is 9.54. The minimum Gasteiger partial charge on any atom is -0.493 e. The van der Waals surface area contributed by atoms with E-state index in [4.69, 9.17) is 18.9 Å². The third-order valence-electron chi connectivity index (χ3n) is 6.78. The molecule has 1 spiro atoms. The Morgan fingerprint density at radius 2 is 2.03 bits per heavy atom. The Hall–Kier alpha value is -3.92. The van der Waals surface area contributed by atoms with Gasteiger partial charge >= 0.3 is 0 Å². The topological polar surface area (TPSA) is 108 Å². The van der Waals surface area contributed by atoms with E-state index in [9.17, 15) is 4.79 Å². The van der Waals surface area contributed by atoms with Gasteiger partial charge in [-0.1, -0.05) is 6.08 Å². The van der Waals surface area contributed by atoms with Crippen LogP contribution in [0.3, 0.4) is 0 Å². The number of likely N-dealkylation sites (tertiary alicyclic amines) is 1. The SMILES string of the molecule is COc1cc2c(Oc3cnc4c(c3)CC=C(C)N4)ncnc2cc1OCCC(=O)N1CC2(COC2)C1. The Kier molecular flexibility index (Phi) is 5.60. The summed E-state index contributed by atoms with van der Waals surface area (Å²) in [5.74, 6) is 2.93. The summed E-state index contributed by atoms with van der Waals surface area (Å²) in [6.45, 7) is 5.32. The highest BCUT2D eigenvalue weighted by Crippen LogP contribution is 2.38. The van der Waals surface area contributed by atoms with E-state index in [0.29, 0.717) is 40.5 Å². The molecule has 6 rings (SSSR count). The van der Waals surface area contributed by atoms with Crippen LogP contribution in [0.15, 0.2) is 42.5 Å². The third kappa shape index (κ3) is 4.17. The van der Waals surface area contributed by atoms with Crippen LogP contribution in [0.5, 0.6) is 23.1 Å². The number of benzene rings is 1. The number of rotatable bonds is 7. The Labute approximate surface area is 208 Å². The van der Waals surface area contributed by atoms with Crippen molar-refractivity contribution in [2.24, 2.45) is 5.41 Å². The first-order valence-electron chi connectivity index (χ1n) is 11.9. The van der Waals surface area contributed by atoms with Crippen molar-refractivity contribution in [3.63, 3.8) is 0 Å². The molecule has 0 bridgehead atoms. The molecule has 0 radical (unpaired) electrons. The summed E-state index contributed by atoms with van der Waals surface area (Å²) in [5, 5.41) is 3.94. The van der Waals surface area contributed by atoms with Crippen LogP contribution in [-0.4, -0.2) is 65.8 Å². The van der Waals surface area contributed by atoms with Crippen molar-refractivity contribution < 1.29 is 23.7 Å². The predicted octanol–water partition coefficient (Wildman–Crippen LogP) is 3.33. The predicted molar refractivity (Wildman–Crippen MR) is 131 cm³/mol. The van der Waals surface area contributed by atoms with Gasteiger partial charge in [0.25, 0.3) is 0 Å². The minimum atomic E-state index is 0.0878. The number of allylic oxidation sites excluding steroid dienone is 2. The number of nitrogens with one attached hydrogen (secondary N) is 1. The summed E-state index contributed by atoms with van der Waals surface area (Å²) in [6, 6.07) is 5.52. The molecule has 3 aromatic rings. The molecular weight excluding hydrogens is 462 g/mol. The summed E-state index contributed by atoms with van der Waals surface area (Å²) >= 11 is 0. The largest absolute Gasteiger partial charge is 0.493 e. The number of aromatic nitrogens is 3. The number of anilines is 1. The van der Waals surface area contributed by atoms with Crippen molar-refractivity contribution in [3.05, 3.63) is 48.1 Å². The van der Waals surface area contributed by atoms with Gasteiger partial charge in [0.1, 0.15) is 17.9 Å². The Morgan fingerprint density at radius 3 is 2.81 bits per heavy atom. The van der Waals surface area contributed by atoms with Crippen molar-refractivity contribution in [1.82, 2.24) is 19.9 Å². The van der Waals surface area contributed by atoms with Gasteiger partial charge in [0, 0.05) is 30.4 Å². The maximum Gasteiger partial charge on any atom is 0.230 e. The van der Waals surface area contributed by atoms with Crippen LogP contribution in [0.2, 0.25) is 0 Å². The van der Waals surface area contributed by atoms with Gasteiger partial charge < -0.3 is 29.2 Å². The number of hydrogen-bond acceptors (Lipinski definition) is 9. The molecule has 36 heavy (non-hydrogen) atoms. The van der Waals surface area contributed by atoms with Gasteiger partial charge in [0.2, 0.25) is 11.8 Å². The standard InChI is InChI=1S/C26H27N5O5/c1-16-3-4-17-7-18(10-27-24(17)30-16)36-25-19-8-21(33-2)22(9-20(19)28-15-29-25)35-6-5-23(32)31-11-26(12-31)13-34-14-26/h3,7-10,15H,4-6,11-14H2,1-2H3,(H,27,30). The smallest absolute Gasteiger partial charge is 0.230 e. The van der Waals surface area contributed by atoms with E-state index in [1.54, 1.807) is 25.4 Å². The lowest BCUT2D eigenvalue weighted by Crippen LogP contribution is -2.67. The van der Waals surface area contributed by atoms with Crippen LogP contribution >= 0.6 is 0 Å². The fourth-order valence-electron chi connectivity index (χ4n) is 4.74. The van der Waals surface area contributed by atoms with Gasteiger partial charge in [0.15, 0.2) is 11.5 Å². The summed E-state index contributed by atoms with van der Waals surface area (Å²) in [7, 11) is 1.57. The van der Waals surface area contributed by atoms with Crippen LogP contribution in [0.25, 0.3) is 10.9 Å². The van der Waals surface area contributed by atoms with E-state index in [0.717, 1.165) is 49.8 Å². The van der Waals surface area contributed by atoms with E-state index in [1.807, 2.05) is 17.9 Å². The third-order valence-corrected chi connectivity index (χ3v) is 6.78. The molecule has 3 aliphatic heterocycles. The average molecular weight is 490 g/mol. The monoisotopic (exact) mass is 489 g/mol. The number of ether oxygens (including phenoxy) is 4. The van der Waals surface area contributed by atoms with Crippen LogP contribution in [0, 0.1) is 5.41 Å². The number of amides is 1. The van der Waals surface area contributed by atoms with Gasteiger partial charge in [-0.3, -0.25) is 4.79 Å². The van der Waals surface area contributed by atoms with Crippen LogP contribution in [-0.2, 0) is 16.0 Å². The van der Waals surface area contributed by atoms with Crippen molar-refractivity contribution >= 4 is 22.6 Å². The summed E-state index contributed by atoms with van der Waals surface area (Å²) in [6.07, 6.45) is 6.30. The maximum atomic E-state index is 12.5. The second-order valence-corrected chi connectivity index (χ2v) is 9.54. The van der Waals surface area contributed by atoms with E-state index in [1.165, 1.54) is 6.33 Å². The van der Waals surface area contributed by atoms with Crippen molar-refractivity contribution in [3.8, 4) is 23.1 Å². The molecule has 0 saturated carbocycles. The van der Waals surface area contributed by atoms with Crippen molar-refractivity contribution in [2.75, 3.05) is 45.3 Å². The van der Waals surface area contributed by atoms with E-state index < -0.39 is 0 Å². The van der Waals surface area contributed by atoms with Gasteiger partial charge in [-0.05, 0) is 25.5 Å². The Bertz CT molecular complexity index is 1360. The molecule has 5 heterocycles. The molecule has 10 nitrogen and oxygen atoms in total. The summed E-state index contributed by atoms with van der Waals surface area (Å²) in [4.78, 5) is 27.5. The molecule has 0 atom stereocenters. The number of fused-ring (bicyclic) bond motifs is 2. The minimum absolute atomic E-state index is 0.0878. The number of pyridine rings is 1. The second kappa shape index (κ2) is 8.94. The quantitative estimate of drug-likeness (QED) is 0.535. The Morgan fingerprint density at radius 1 is 1.17 bits per heavy atom. The Balaban J connectivity index is 1.15. The molecule has 186 valence electrons. The molecular formula is C26H27N5O5. The molecule has 1 N–H and O–H groups in total. The zero-order valence-electron chi connectivity index (χ0n) is 20.2. The van der Waals surface area contributed by atoms with E-state index in [2.05, 4.69) is 26.3 Å². The lowest BCUT2D eigenvalue weighted by Gasteiger charge is -2.55. The zero-order valence-corrected chi connectivity index (χ0v) is 20.2. The normalized spacial score (nSPS) is 17.4. The van der Waals surface area contributed by atoms with Gasteiger partial charge in [-0.2, -0.15) is 0 Å². The highest BCUT2D eigenvalue weighted by atomic mass is 16.5. The average Bonchev–Trinajstić information content (AvgIpc) is 2.82. The number of methoxy groups -OCH3 is 1. The first-order valence-corrected chi connectivity index (χ1v) is 11.9. The fraction of sp³-hybridized carbons (Fsp3) is 0.385. The summed E-state index contributed by atoms with van der Waals surface area (Å²) in [5.41, 5.74) is 2.98. The van der Waals surface area contributed by atoms with E-state index >= 15 is 0 Å². The van der Waals surface area contributed by atoms with Crippen molar-refractivity contribution in [1.29, 1.82) is 0 Å². The van der Waals surface area contributed by atoms with Crippen LogP contribution in [0.1, 0.15) is 18.9 Å². The van der Waals surface area contributed by atoms with E-state index in [-0.39, 0.29) is 17.9 Å². The lowest BCUT2D eigenvalue weighted by molar-refractivity contribution is -0.195. The van der Waals surface area contributed by atoms with Gasteiger partial charge in [-0.15, -0.1) is 0 Å². The highest BCUT2D eigenvalue weighted by Gasteiger charge is 2.50. The number of hydrogen-bond donors (Lipinski definition) is 1. The first-order chi connectivity index (χ1) is 17.5. The number of nitrogens with zero attached hydrogens (tertiary/aromatic N) is 4. The molecule has 2 fully saturated rings. The van der Waals surface area contributed by atoms with Gasteiger partial charge in [0.05, 0.1) is 55.9 Å². The molecule has 3 aliphatic rings. The molecule has 1 amide bonds. The molecule has 0 unspecified atom stereocenters. The van der Waals surface area contributed by atoms with Crippen molar-refractivity contribution in [2.45, 2.75) is 19.8 Å². The van der Waals surface area contributed by atoms with Crippen LogP contribution < -0.4 is 19.5 Å². The first kappa shape index (κ1) is 22.5.